The first-order valence-corrected chi connectivity index (χ1v) is 26.6. The number of anilines is 6. The Balaban J connectivity index is 1.08. The van der Waals surface area contributed by atoms with Crippen LogP contribution in [0.4, 0.5) is 34.1 Å². The van der Waals surface area contributed by atoms with Gasteiger partial charge in [-0.3, -0.25) is 0 Å². The first-order valence-electron chi connectivity index (χ1n) is 25.8. The van der Waals surface area contributed by atoms with Gasteiger partial charge in [-0.25, -0.2) is 0 Å². The van der Waals surface area contributed by atoms with Crippen LogP contribution in [0.3, 0.4) is 0 Å². The Kier molecular flexibility index (Phi) is 9.09. The van der Waals surface area contributed by atoms with Crippen molar-refractivity contribution in [3.63, 3.8) is 0 Å². The summed E-state index contributed by atoms with van der Waals surface area (Å²) in [4.78, 5) is 5.20. The van der Waals surface area contributed by atoms with E-state index in [9.17, 15) is 0 Å². The molecule has 9 aromatic carbocycles. The number of thiophene rings is 1. The molecule has 2 aliphatic carbocycles. The average Bonchev–Trinajstić information content (AvgIpc) is 3.98. The minimum atomic E-state index is -0.450. The van der Waals surface area contributed by atoms with E-state index in [2.05, 4.69) is 254 Å². The quantitative estimate of drug-likeness (QED) is 0.163. The van der Waals surface area contributed by atoms with Crippen LogP contribution in [0, 0.1) is 20.8 Å². The lowest BCUT2D eigenvalue weighted by molar-refractivity contribution is 0.588. The van der Waals surface area contributed by atoms with Crippen LogP contribution in [0.25, 0.3) is 43.5 Å². The molecular weight excluding hydrogens is 888 g/mol. The summed E-state index contributed by atoms with van der Waals surface area (Å²) in [6.45, 7) is 20.8. The Morgan fingerprint density at radius 3 is 1.71 bits per heavy atom. The van der Waals surface area contributed by atoms with Crippen molar-refractivity contribution in [3.05, 3.63) is 232 Å². The molecule has 0 unspecified atom stereocenters. The van der Waals surface area contributed by atoms with Crippen LogP contribution < -0.4 is 25.5 Å². The minimum absolute atomic E-state index is 0.00782. The predicted molar refractivity (Wildman–Crippen MR) is 309 cm³/mol. The van der Waals surface area contributed by atoms with Crippen molar-refractivity contribution in [1.82, 2.24) is 0 Å². The van der Waals surface area contributed by atoms with Gasteiger partial charge in [0.05, 0.1) is 11.1 Å². The molecule has 2 aliphatic heterocycles. The van der Waals surface area contributed by atoms with Crippen molar-refractivity contribution in [1.29, 1.82) is 0 Å². The highest BCUT2D eigenvalue weighted by Gasteiger charge is 2.53. The van der Waals surface area contributed by atoms with Gasteiger partial charge in [-0.2, -0.15) is 0 Å². The smallest absolute Gasteiger partial charge is 0.264 e. The lowest BCUT2D eigenvalue weighted by Crippen LogP contribution is -2.60. The van der Waals surface area contributed by atoms with Gasteiger partial charge in [-0.05, 0) is 181 Å². The maximum atomic E-state index is 2.63. The second kappa shape index (κ2) is 15.1. The molecule has 0 saturated heterocycles. The van der Waals surface area contributed by atoms with Crippen molar-refractivity contribution >= 4 is 78.0 Å². The number of hydrogen-bond donors (Lipinski definition) is 0. The molecule has 0 radical (unpaired) electrons. The molecule has 2 nitrogen and oxygen atoms in total. The van der Waals surface area contributed by atoms with E-state index in [-0.39, 0.29) is 17.5 Å². The van der Waals surface area contributed by atoms with Crippen LogP contribution in [0.2, 0.25) is 0 Å². The Labute approximate surface area is 429 Å². The molecule has 14 rings (SSSR count). The molecule has 10 aromatic rings. The Morgan fingerprint density at radius 1 is 0.458 bits per heavy atom. The molecule has 0 N–H and O–H groups in total. The molecule has 1 aromatic heterocycles. The maximum absolute atomic E-state index is 2.63. The van der Waals surface area contributed by atoms with Crippen LogP contribution in [-0.4, -0.2) is 6.71 Å². The van der Waals surface area contributed by atoms with Crippen molar-refractivity contribution < 1.29 is 0 Å². The molecule has 348 valence electrons. The fraction of sp³-hybridized carbons (Fsp3) is 0.176. The van der Waals surface area contributed by atoms with E-state index in [0.717, 1.165) is 0 Å². The number of nitrogens with zero attached hydrogens (tertiary/aromatic N) is 2. The average molecular weight is 945 g/mol. The van der Waals surface area contributed by atoms with Gasteiger partial charge in [0.2, 0.25) is 0 Å². The van der Waals surface area contributed by atoms with E-state index in [1.807, 2.05) is 11.3 Å². The maximum Gasteiger partial charge on any atom is 0.264 e. The van der Waals surface area contributed by atoms with Crippen molar-refractivity contribution in [2.45, 2.75) is 78.6 Å². The molecule has 0 atom stereocenters. The predicted octanol–water partition coefficient (Wildman–Crippen LogP) is 16.5. The van der Waals surface area contributed by atoms with Gasteiger partial charge in [-0.1, -0.05) is 169 Å². The molecule has 3 heterocycles. The molecule has 0 fully saturated rings. The van der Waals surface area contributed by atoms with Crippen LogP contribution in [-0.2, 0) is 16.2 Å². The topological polar surface area (TPSA) is 6.48 Å². The van der Waals surface area contributed by atoms with E-state index in [0.29, 0.717) is 0 Å². The Morgan fingerprint density at radius 2 is 1.04 bits per heavy atom. The summed E-state index contributed by atoms with van der Waals surface area (Å²) in [5, 5.41) is 1.31. The number of hydrogen-bond acceptors (Lipinski definition) is 3. The van der Waals surface area contributed by atoms with Gasteiger partial charge in [-0.15, -0.1) is 11.3 Å². The molecule has 0 saturated carbocycles. The first-order chi connectivity index (χ1) is 34.7. The van der Waals surface area contributed by atoms with E-state index in [4.69, 9.17) is 0 Å². The molecule has 4 aliphatic rings. The van der Waals surface area contributed by atoms with E-state index >= 15 is 0 Å². The molecule has 0 amide bonds. The largest absolute Gasteiger partial charge is 0.311 e. The zero-order valence-corrected chi connectivity index (χ0v) is 43.5. The summed E-state index contributed by atoms with van der Waals surface area (Å²) in [7, 11) is 0. The lowest BCUT2D eigenvalue weighted by atomic mass is 9.36. The van der Waals surface area contributed by atoms with E-state index < -0.39 is 5.41 Å². The zero-order chi connectivity index (χ0) is 49.2. The zero-order valence-electron chi connectivity index (χ0n) is 42.7. The van der Waals surface area contributed by atoms with Gasteiger partial charge in [0.25, 0.3) is 6.71 Å². The SMILES string of the molecule is Cc1cc2c3c(c1)N(c1ccccc1)c1c(sc4cc5c(cc14)-c1ccc(C(C)(C)C)cc1C51c4ccccc4-c4ccccc41)B3c1ccc(-c3c(C)cccc3C)cc1N2c1ccc(C(C)(C)C)cc1. The first kappa shape index (κ1) is 43.4. The molecule has 1 spiro atoms. The number of rotatable bonds is 3. The fourth-order valence-electron chi connectivity index (χ4n) is 13.4. The highest BCUT2D eigenvalue weighted by Crippen LogP contribution is 2.64. The van der Waals surface area contributed by atoms with Gasteiger partial charge in [0.15, 0.2) is 0 Å². The standard InChI is InChI=1S/C68H57BN2S/c1-40-34-59-63-60(35-40)71(46-20-11-10-12-21-46)64-52-38-51-50-32-29-45(67(7,8)9)37-55(50)68(53-24-15-13-22-48(53)49-23-14-16-25-54(49)68)56(51)39-61(52)72-65(64)69(63)57-33-26-43(62-41(2)18-17-19-42(62)3)36-58(57)70(59)47-30-27-44(28-31-47)66(4,5)6/h10-39H,1-9H3. The highest BCUT2D eigenvalue weighted by atomic mass is 32.1. The van der Waals surface area contributed by atoms with Crippen molar-refractivity contribution in [2.75, 3.05) is 9.80 Å². The third-order valence-corrected chi connectivity index (χ3v) is 17.9. The van der Waals surface area contributed by atoms with E-state index in [1.165, 1.54) is 143 Å². The second-order valence-electron chi connectivity index (χ2n) is 23.1. The normalized spacial score (nSPS) is 14.5. The van der Waals surface area contributed by atoms with Gasteiger partial charge in [0.1, 0.15) is 0 Å². The third kappa shape index (κ3) is 5.90. The summed E-state index contributed by atoms with van der Waals surface area (Å²) in [5.41, 5.74) is 29.7. The lowest BCUT2D eigenvalue weighted by Gasteiger charge is -2.43. The van der Waals surface area contributed by atoms with Crippen molar-refractivity contribution in [2.24, 2.45) is 0 Å². The van der Waals surface area contributed by atoms with Crippen LogP contribution in [0.1, 0.15) is 91.6 Å². The molecule has 72 heavy (non-hydrogen) atoms. The number of aryl methyl sites for hydroxylation is 3. The number of benzene rings is 9. The number of fused-ring (bicyclic) bond motifs is 16. The third-order valence-electron chi connectivity index (χ3n) is 16.7. The Hall–Kier alpha value is -7.40. The summed E-state index contributed by atoms with van der Waals surface area (Å²) in [6.07, 6.45) is 0. The summed E-state index contributed by atoms with van der Waals surface area (Å²) in [6, 6.07) is 70.6. The second-order valence-corrected chi connectivity index (χ2v) is 24.1. The fourth-order valence-corrected chi connectivity index (χ4v) is 14.7. The molecule has 4 heteroatoms. The van der Waals surface area contributed by atoms with Gasteiger partial charge >= 0.3 is 0 Å². The van der Waals surface area contributed by atoms with Gasteiger partial charge < -0.3 is 9.80 Å². The van der Waals surface area contributed by atoms with E-state index in [1.54, 1.807) is 0 Å². The molecular formula is C68H57BN2S. The summed E-state index contributed by atoms with van der Waals surface area (Å²) >= 11 is 2.01. The minimum Gasteiger partial charge on any atom is -0.311 e. The monoisotopic (exact) mass is 944 g/mol. The molecule has 0 bridgehead atoms. The Bertz CT molecular complexity index is 3870. The van der Waals surface area contributed by atoms with Crippen LogP contribution in [0.15, 0.2) is 182 Å². The summed E-state index contributed by atoms with van der Waals surface area (Å²) < 4.78 is 2.72. The van der Waals surface area contributed by atoms with Gasteiger partial charge in [0, 0.05) is 43.3 Å². The number of para-hydroxylation sites is 1. The van der Waals surface area contributed by atoms with Crippen LogP contribution in [0.5, 0.6) is 0 Å². The highest BCUT2D eigenvalue weighted by molar-refractivity contribution is 7.33. The van der Waals surface area contributed by atoms with Crippen molar-refractivity contribution in [3.8, 4) is 33.4 Å². The van der Waals surface area contributed by atoms with Crippen LogP contribution >= 0.6 is 11.3 Å². The summed E-state index contributed by atoms with van der Waals surface area (Å²) in [5.74, 6) is 0.